The number of hydrogen-bond acceptors (Lipinski definition) is 4. The second-order valence-electron chi connectivity index (χ2n) is 3.90. The summed E-state index contributed by atoms with van der Waals surface area (Å²) < 4.78 is 29.7. The van der Waals surface area contributed by atoms with E-state index in [-0.39, 0.29) is 10.9 Å². The fourth-order valence-electron chi connectivity index (χ4n) is 2.07. The molecule has 0 bridgehead atoms. The molecule has 90 valence electrons. The van der Waals surface area contributed by atoms with Gasteiger partial charge in [0.15, 0.2) is 0 Å². The van der Waals surface area contributed by atoms with Crippen LogP contribution < -0.4 is 0 Å². The lowest BCUT2D eigenvalue weighted by Crippen LogP contribution is -2.12. The Morgan fingerprint density at radius 2 is 2.19 bits per heavy atom. The molecule has 0 amide bonds. The molecule has 2 rings (SSSR count). The third-order valence-corrected chi connectivity index (χ3v) is 4.30. The Bertz CT molecular complexity index is 503. The van der Waals surface area contributed by atoms with E-state index in [4.69, 9.17) is 15.4 Å². The van der Waals surface area contributed by atoms with E-state index in [0.717, 1.165) is 6.42 Å². The molecule has 1 saturated heterocycles. The van der Waals surface area contributed by atoms with E-state index < -0.39 is 9.05 Å². The van der Waals surface area contributed by atoms with Gasteiger partial charge in [-0.1, -0.05) is 0 Å². The summed E-state index contributed by atoms with van der Waals surface area (Å²) in [7, 11) is 1.65. The predicted octanol–water partition coefficient (Wildman–Crippen LogP) is 1.39. The zero-order valence-corrected chi connectivity index (χ0v) is 10.7. The minimum absolute atomic E-state index is 0.117. The van der Waals surface area contributed by atoms with Crippen LogP contribution in [0.4, 0.5) is 0 Å². The topological polar surface area (TPSA) is 61.2 Å². The number of aromatic nitrogens is 2. The SMILES string of the molecule is Cc1nn(C2CCOC2)c(C)c1S(=O)(=O)Cl. The summed E-state index contributed by atoms with van der Waals surface area (Å²) in [6, 6.07) is 0.117. The Kier molecular flexibility index (Phi) is 2.98. The lowest BCUT2D eigenvalue weighted by Gasteiger charge is -2.10. The molecular weight excluding hydrogens is 252 g/mol. The second-order valence-corrected chi connectivity index (χ2v) is 6.40. The van der Waals surface area contributed by atoms with Crippen molar-refractivity contribution >= 4 is 19.7 Å². The van der Waals surface area contributed by atoms with Crippen LogP contribution in [0.15, 0.2) is 4.90 Å². The van der Waals surface area contributed by atoms with Gasteiger partial charge in [-0.15, -0.1) is 0 Å². The normalized spacial score (nSPS) is 21.6. The highest BCUT2D eigenvalue weighted by Gasteiger charge is 2.27. The first-order chi connectivity index (χ1) is 7.41. The molecular formula is C9H13ClN2O3S. The van der Waals surface area contributed by atoms with Crippen molar-refractivity contribution in [1.82, 2.24) is 9.78 Å². The summed E-state index contributed by atoms with van der Waals surface area (Å²) in [5.74, 6) is 0. The van der Waals surface area contributed by atoms with Crippen LogP contribution in [0.25, 0.3) is 0 Å². The fraction of sp³-hybridized carbons (Fsp3) is 0.667. The molecule has 16 heavy (non-hydrogen) atoms. The number of nitrogens with zero attached hydrogens (tertiary/aromatic N) is 2. The average molecular weight is 265 g/mol. The van der Waals surface area contributed by atoms with E-state index in [1.54, 1.807) is 18.5 Å². The van der Waals surface area contributed by atoms with Crippen LogP contribution in [0.5, 0.6) is 0 Å². The molecule has 5 nitrogen and oxygen atoms in total. The lowest BCUT2D eigenvalue weighted by atomic mass is 10.2. The van der Waals surface area contributed by atoms with E-state index in [9.17, 15) is 8.42 Å². The molecule has 0 N–H and O–H groups in total. The molecule has 7 heteroatoms. The van der Waals surface area contributed by atoms with Gasteiger partial charge < -0.3 is 4.74 Å². The third-order valence-electron chi connectivity index (χ3n) is 2.75. The molecule has 1 fully saturated rings. The van der Waals surface area contributed by atoms with Gasteiger partial charge in [0.25, 0.3) is 9.05 Å². The molecule has 2 heterocycles. The van der Waals surface area contributed by atoms with Crippen LogP contribution in [0.1, 0.15) is 23.9 Å². The monoisotopic (exact) mass is 264 g/mol. The van der Waals surface area contributed by atoms with Crippen molar-refractivity contribution in [2.24, 2.45) is 0 Å². The predicted molar refractivity (Wildman–Crippen MR) is 59.2 cm³/mol. The van der Waals surface area contributed by atoms with E-state index in [1.807, 2.05) is 0 Å². The van der Waals surface area contributed by atoms with E-state index in [2.05, 4.69) is 5.10 Å². The number of ether oxygens (including phenoxy) is 1. The van der Waals surface area contributed by atoms with Crippen LogP contribution in [-0.2, 0) is 13.8 Å². The lowest BCUT2D eigenvalue weighted by molar-refractivity contribution is 0.184. The van der Waals surface area contributed by atoms with Crippen LogP contribution in [0.3, 0.4) is 0 Å². The van der Waals surface area contributed by atoms with Crippen molar-refractivity contribution in [3.63, 3.8) is 0 Å². The van der Waals surface area contributed by atoms with Crippen molar-refractivity contribution < 1.29 is 13.2 Å². The van der Waals surface area contributed by atoms with Gasteiger partial charge in [-0.3, -0.25) is 4.68 Å². The van der Waals surface area contributed by atoms with Crippen LogP contribution in [-0.4, -0.2) is 31.4 Å². The zero-order chi connectivity index (χ0) is 11.9. The van der Waals surface area contributed by atoms with Crippen molar-refractivity contribution in [1.29, 1.82) is 0 Å². The molecule has 0 aliphatic carbocycles. The van der Waals surface area contributed by atoms with Gasteiger partial charge in [-0.25, -0.2) is 8.42 Å². The smallest absolute Gasteiger partial charge is 0.264 e. The highest BCUT2D eigenvalue weighted by Crippen LogP contribution is 2.28. The van der Waals surface area contributed by atoms with Crippen molar-refractivity contribution in [3.8, 4) is 0 Å². The quantitative estimate of drug-likeness (QED) is 0.758. The van der Waals surface area contributed by atoms with Gasteiger partial charge in [0, 0.05) is 17.3 Å². The summed E-state index contributed by atoms with van der Waals surface area (Å²) in [4.78, 5) is 0.126. The van der Waals surface area contributed by atoms with E-state index in [1.165, 1.54) is 0 Å². The Balaban J connectivity index is 2.50. The van der Waals surface area contributed by atoms with Crippen LogP contribution in [0, 0.1) is 13.8 Å². The van der Waals surface area contributed by atoms with Gasteiger partial charge in [0.2, 0.25) is 0 Å². The van der Waals surface area contributed by atoms with Gasteiger partial charge in [0.05, 0.1) is 24.0 Å². The number of halogens is 1. The van der Waals surface area contributed by atoms with Gasteiger partial charge in [0.1, 0.15) is 4.90 Å². The van der Waals surface area contributed by atoms with Crippen molar-refractivity contribution in [2.45, 2.75) is 31.2 Å². The van der Waals surface area contributed by atoms with E-state index in [0.29, 0.717) is 24.6 Å². The minimum atomic E-state index is -3.72. The maximum atomic E-state index is 11.4. The summed E-state index contributed by atoms with van der Waals surface area (Å²) >= 11 is 0. The molecule has 1 unspecified atom stereocenters. The van der Waals surface area contributed by atoms with Crippen molar-refractivity contribution in [2.75, 3.05) is 13.2 Å². The maximum absolute atomic E-state index is 11.4. The van der Waals surface area contributed by atoms with Gasteiger partial charge in [-0.2, -0.15) is 5.10 Å². The standard InChI is InChI=1S/C9H13ClN2O3S/c1-6-9(16(10,13)14)7(2)12(11-6)8-3-4-15-5-8/h8H,3-5H2,1-2H3. The minimum Gasteiger partial charge on any atom is -0.379 e. The molecule has 1 atom stereocenters. The second kappa shape index (κ2) is 4.01. The van der Waals surface area contributed by atoms with Gasteiger partial charge in [-0.05, 0) is 20.3 Å². The summed E-state index contributed by atoms with van der Waals surface area (Å²) in [6.07, 6.45) is 0.851. The molecule has 1 aliphatic rings. The highest BCUT2D eigenvalue weighted by molar-refractivity contribution is 8.13. The molecule has 0 saturated carbocycles. The molecule has 0 radical (unpaired) electrons. The Morgan fingerprint density at radius 1 is 1.50 bits per heavy atom. The molecule has 1 aliphatic heterocycles. The third kappa shape index (κ3) is 1.97. The number of hydrogen-bond donors (Lipinski definition) is 0. The first-order valence-electron chi connectivity index (χ1n) is 4.99. The maximum Gasteiger partial charge on any atom is 0.264 e. The molecule has 0 aromatic carbocycles. The van der Waals surface area contributed by atoms with Crippen LogP contribution in [0.2, 0.25) is 0 Å². The van der Waals surface area contributed by atoms with Gasteiger partial charge >= 0.3 is 0 Å². The highest BCUT2D eigenvalue weighted by atomic mass is 35.7. The fourth-order valence-corrected chi connectivity index (χ4v) is 3.58. The molecule has 1 aromatic rings. The largest absolute Gasteiger partial charge is 0.379 e. The molecule has 1 aromatic heterocycles. The Hall–Kier alpha value is -0.590. The number of aryl methyl sites for hydroxylation is 1. The first kappa shape index (κ1) is 11.9. The van der Waals surface area contributed by atoms with E-state index >= 15 is 0 Å². The number of rotatable bonds is 2. The van der Waals surface area contributed by atoms with Crippen molar-refractivity contribution in [3.05, 3.63) is 11.4 Å². The summed E-state index contributed by atoms with van der Waals surface area (Å²) in [6.45, 7) is 4.62. The summed E-state index contributed by atoms with van der Waals surface area (Å²) in [5, 5.41) is 4.23. The van der Waals surface area contributed by atoms with Crippen LogP contribution >= 0.6 is 10.7 Å². The summed E-state index contributed by atoms with van der Waals surface area (Å²) in [5.41, 5.74) is 1.03. The zero-order valence-electron chi connectivity index (χ0n) is 9.10. The Labute approximate surface area is 98.8 Å². The Morgan fingerprint density at radius 3 is 2.62 bits per heavy atom. The average Bonchev–Trinajstić information content (AvgIpc) is 2.71. The first-order valence-corrected chi connectivity index (χ1v) is 7.30. The molecule has 0 spiro atoms.